The maximum atomic E-state index is 11.5. The summed E-state index contributed by atoms with van der Waals surface area (Å²) in [7, 11) is 1.80. The van der Waals surface area contributed by atoms with E-state index in [1.165, 1.54) is 19.3 Å². The first kappa shape index (κ1) is 11.8. The Morgan fingerprint density at radius 2 is 2.27 bits per heavy atom. The van der Waals surface area contributed by atoms with Gasteiger partial charge < -0.3 is 5.32 Å². The molecular weight excluding hydrogens is 190 g/mol. The van der Waals surface area contributed by atoms with Crippen LogP contribution < -0.4 is 5.32 Å². The molecule has 84 valence electrons. The summed E-state index contributed by atoms with van der Waals surface area (Å²) in [4.78, 5) is 11.5. The summed E-state index contributed by atoms with van der Waals surface area (Å²) < 4.78 is 1.63. The minimum Gasteiger partial charge on any atom is -0.352 e. The van der Waals surface area contributed by atoms with E-state index in [-0.39, 0.29) is 5.91 Å². The number of nitrogens with one attached hydrogen (secondary N) is 1. The molecule has 1 rings (SSSR count). The van der Waals surface area contributed by atoms with Gasteiger partial charge in [0, 0.05) is 19.8 Å². The molecule has 1 aromatic rings. The first-order valence-electron chi connectivity index (χ1n) is 5.51. The van der Waals surface area contributed by atoms with E-state index >= 15 is 0 Å². The Labute approximate surface area is 90.7 Å². The molecule has 15 heavy (non-hydrogen) atoms. The van der Waals surface area contributed by atoms with Crippen LogP contribution in [0.3, 0.4) is 0 Å². The van der Waals surface area contributed by atoms with Crippen molar-refractivity contribution in [3.05, 3.63) is 18.0 Å². The second kappa shape index (κ2) is 6.22. The van der Waals surface area contributed by atoms with Crippen LogP contribution in [0.4, 0.5) is 0 Å². The van der Waals surface area contributed by atoms with Crippen LogP contribution in [0.25, 0.3) is 0 Å². The predicted molar refractivity (Wildman–Crippen MR) is 59.7 cm³/mol. The van der Waals surface area contributed by atoms with E-state index in [0.717, 1.165) is 13.0 Å². The zero-order valence-corrected chi connectivity index (χ0v) is 9.49. The third kappa shape index (κ3) is 4.14. The summed E-state index contributed by atoms with van der Waals surface area (Å²) in [6.45, 7) is 2.93. The molecule has 0 atom stereocenters. The summed E-state index contributed by atoms with van der Waals surface area (Å²) >= 11 is 0. The first-order chi connectivity index (χ1) is 7.24. The van der Waals surface area contributed by atoms with Gasteiger partial charge in [0.25, 0.3) is 5.91 Å². The first-order valence-corrected chi connectivity index (χ1v) is 5.51. The van der Waals surface area contributed by atoms with Crippen molar-refractivity contribution in [1.29, 1.82) is 0 Å². The van der Waals surface area contributed by atoms with Crippen molar-refractivity contribution in [1.82, 2.24) is 15.1 Å². The third-order valence-electron chi connectivity index (χ3n) is 2.28. The molecule has 4 nitrogen and oxygen atoms in total. The zero-order valence-electron chi connectivity index (χ0n) is 9.49. The molecule has 0 saturated heterocycles. The van der Waals surface area contributed by atoms with Crippen molar-refractivity contribution in [2.45, 2.75) is 32.6 Å². The van der Waals surface area contributed by atoms with E-state index in [9.17, 15) is 4.79 Å². The highest BCUT2D eigenvalue weighted by atomic mass is 16.1. The van der Waals surface area contributed by atoms with Crippen LogP contribution in [0.5, 0.6) is 0 Å². The molecule has 0 bridgehead atoms. The lowest BCUT2D eigenvalue weighted by molar-refractivity contribution is 0.0953. The van der Waals surface area contributed by atoms with Crippen molar-refractivity contribution in [3.63, 3.8) is 0 Å². The van der Waals surface area contributed by atoms with Crippen molar-refractivity contribution in [2.75, 3.05) is 6.54 Å². The molecule has 1 heterocycles. The largest absolute Gasteiger partial charge is 0.352 e. The zero-order chi connectivity index (χ0) is 11.1. The summed E-state index contributed by atoms with van der Waals surface area (Å²) in [5, 5.41) is 6.83. The molecular formula is C11H19N3O. The van der Waals surface area contributed by atoms with Crippen LogP contribution in [0, 0.1) is 0 Å². The van der Waals surface area contributed by atoms with Gasteiger partial charge in [0.2, 0.25) is 0 Å². The molecule has 0 spiro atoms. The molecule has 0 fully saturated rings. The molecule has 0 aromatic carbocycles. The number of aromatic nitrogens is 2. The average Bonchev–Trinajstić information content (AvgIpc) is 2.64. The summed E-state index contributed by atoms with van der Waals surface area (Å²) in [6, 6.07) is 0. The minimum absolute atomic E-state index is 0.0281. The summed E-state index contributed by atoms with van der Waals surface area (Å²) in [5.74, 6) is -0.0281. The Morgan fingerprint density at radius 1 is 1.47 bits per heavy atom. The van der Waals surface area contributed by atoms with Gasteiger partial charge in [-0.2, -0.15) is 5.10 Å². The lowest BCUT2D eigenvalue weighted by atomic mass is 10.2. The van der Waals surface area contributed by atoms with Gasteiger partial charge >= 0.3 is 0 Å². The fraction of sp³-hybridized carbons (Fsp3) is 0.636. The number of amides is 1. The fourth-order valence-electron chi connectivity index (χ4n) is 1.39. The number of carbonyl (C=O) groups excluding carboxylic acids is 1. The maximum absolute atomic E-state index is 11.5. The Hall–Kier alpha value is -1.32. The summed E-state index contributed by atoms with van der Waals surface area (Å²) in [5.41, 5.74) is 0.632. The van der Waals surface area contributed by atoms with E-state index in [1.807, 2.05) is 0 Å². The van der Waals surface area contributed by atoms with Gasteiger partial charge in [-0.15, -0.1) is 0 Å². The molecule has 0 radical (unpaired) electrons. The van der Waals surface area contributed by atoms with Crippen LogP contribution >= 0.6 is 0 Å². The van der Waals surface area contributed by atoms with Gasteiger partial charge in [-0.3, -0.25) is 9.48 Å². The van der Waals surface area contributed by atoms with Crippen molar-refractivity contribution >= 4 is 5.91 Å². The highest BCUT2D eigenvalue weighted by molar-refractivity contribution is 5.93. The highest BCUT2D eigenvalue weighted by Crippen LogP contribution is 1.99. The van der Waals surface area contributed by atoms with Crippen LogP contribution in [-0.2, 0) is 7.05 Å². The predicted octanol–water partition coefficient (Wildman–Crippen LogP) is 1.73. The van der Waals surface area contributed by atoms with E-state index in [4.69, 9.17) is 0 Å². The maximum Gasteiger partial charge on any atom is 0.254 e. The molecule has 0 aliphatic carbocycles. The SMILES string of the molecule is CCCCCCNC(=O)c1cnn(C)c1. The Balaban J connectivity index is 2.19. The second-order valence-corrected chi connectivity index (χ2v) is 3.72. The van der Waals surface area contributed by atoms with Gasteiger partial charge in [-0.25, -0.2) is 0 Å². The quantitative estimate of drug-likeness (QED) is 0.725. The summed E-state index contributed by atoms with van der Waals surface area (Å²) in [6.07, 6.45) is 8.01. The number of hydrogen-bond acceptors (Lipinski definition) is 2. The second-order valence-electron chi connectivity index (χ2n) is 3.72. The molecule has 1 N–H and O–H groups in total. The number of nitrogens with zero attached hydrogens (tertiary/aromatic N) is 2. The Bertz CT molecular complexity index is 307. The molecule has 0 unspecified atom stereocenters. The van der Waals surface area contributed by atoms with Gasteiger partial charge in [0.1, 0.15) is 0 Å². The molecule has 1 aromatic heterocycles. The normalized spacial score (nSPS) is 10.3. The van der Waals surface area contributed by atoms with Crippen molar-refractivity contribution in [2.24, 2.45) is 7.05 Å². The Kier molecular flexibility index (Phi) is 4.87. The van der Waals surface area contributed by atoms with Crippen molar-refractivity contribution < 1.29 is 4.79 Å². The van der Waals surface area contributed by atoms with Crippen LogP contribution in [-0.4, -0.2) is 22.2 Å². The smallest absolute Gasteiger partial charge is 0.254 e. The molecule has 0 aliphatic rings. The molecule has 1 amide bonds. The number of carbonyl (C=O) groups is 1. The van der Waals surface area contributed by atoms with Crippen molar-refractivity contribution in [3.8, 4) is 0 Å². The Morgan fingerprint density at radius 3 is 2.87 bits per heavy atom. The average molecular weight is 209 g/mol. The fourth-order valence-corrected chi connectivity index (χ4v) is 1.39. The number of aryl methyl sites for hydroxylation is 1. The van der Waals surface area contributed by atoms with Crippen LogP contribution in [0.1, 0.15) is 43.0 Å². The van der Waals surface area contributed by atoms with E-state index < -0.39 is 0 Å². The van der Waals surface area contributed by atoms with Crippen LogP contribution in [0.15, 0.2) is 12.4 Å². The topological polar surface area (TPSA) is 46.9 Å². The number of unbranched alkanes of at least 4 members (excludes halogenated alkanes) is 3. The molecule has 0 saturated carbocycles. The van der Waals surface area contributed by atoms with Gasteiger partial charge in [-0.05, 0) is 6.42 Å². The van der Waals surface area contributed by atoms with Gasteiger partial charge in [-0.1, -0.05) is 26.2 Å². The third-order valence-corrected chi connectivity index (χ3v) is 2.28. The minimum atomic E-state index is -0.0281. The van der Waals surface area contributed by atoms with E-state index in [1.54, 1.807) is 24.1 Å². The molecule has 0 aliphatic heterocycles. The lowest BCUT2D eigenvalue weighted by Crippen LogP contribution is -2.23. The van der Waals surface area contributed by atoms with Gasteiger partial charge in [0.15, 0.2) is 0 Å². The monoisotopic (exact) mass is 209 g/mol. The number of hydrogen-bond donors (Lipinski definition) is 1. The van der Waals surface area contributed by atoms with E-state index in [2.05, 4.69) is 17.3 Å². The van der Waals surface area contributed by atoms with Crippen LogP contribution in [0.2, 0.25) is 0 Å². The number of rotatable bonds is 6. The standard InChI is InChI=1S/C11H19N3O/c1-3-4-5-6-7-12-11(15)10-8-13-14(2)9-10/h8-9H,3-7H2,1-2H3,(H,12,15). The van der Waals surface area contributed by atoms with E-state index in [0.29, 0.717) is 5.56 Å². The highest BCUT2D eigenvalue weighted by Gasteiger charge is 2.05. The lowest BCUT2D eigenvalue weighted by Gasteiger charge is -2.02. The van der Waals surface area contributed by atoms with Gasteiger partial charge in [0.05, 0.1) is 11.8 Å². The molecule has 4 heteroatoms.